The van der Waals surface area contributed by atoms with Crippen LogP contribution < -0.4 is 10.1 Å². The molecule has 4 heterocycles. The number of halogens is 1. The van der Waals surface area contributed by atoms with Gasteiger partial charge < -0.3 is 23.9 Å². The second-order valence-corrected chi connectivity index (χ2v) is 9.25. The zero-order valence-corrected chi connectivity index (χ0v) is 20.6. The summed E-state index contributed by atoms with van der Waals surface area (Å²) in [6.07, 6.45) is 5.55. The van der Waals surface area contributed by atoms with Gasteiger partial charge in [0.15, 0.2) is 5.65 Å². The van der Waals surface area contributed by atoms with Crippen LogP contribution in [0.25, 0.3) is 28.1 Å². The van der Waals surface area contributed by atoms with Crippen LogP contribution in [-0.4, -0.2) is 49.4 Å². The molecule has 1 N–H and O–H groups in total. The zero-order chi connectivity index (χ0) is 24.6. The number of hydrogen-bond donors (Lipinski definition) is 1. The molecule has 9 nitrogen and oxygen atoms in total. The maximum Gasteiger partial charge on any atom is 0.229 e. The molecule has 5 aromatic rings. The molecule has 0 unspecified atom stereocenters. The van der Waals surface area contributed by atoms with E-state index in [1.807, 2.05) is 66.5 Å². The topological polar surface area (TPSA) is 91.9 Å². The predicted molar refractivity (Wildman–Crippen MR) is 138 cm³/mol. The average Bonchev–Trinajstić information content (AvgIpc) is 3.47. The van der Waals surface area contributed by atoms with Crippen LogP contribution >= 0.6 is 11.6 Å². The van der Waals surface area contributed by atoms with Crippen LogP contribution in [0.3, 0.4) is 0 Å². The van der Waals surface area contributed by atoms with Crippen LogP contribution in [-0.2, 0) is 11.3 Å². The van der Waals surface area contributed by atoms with E-state index in [1.54, 1.807) is 13.4 Å². The van der Waals surface area contributed by atoms with Gasteiger partial charge in [-0.05, 0) is 31.2 Å². The molecule has 0 saturated carbocycles. The van der Waals surface area contributed by atoms with Crippen LogP contribution in [0.2, 0.25) is 5.02 Å². The molecule has 0 radical (unpaired) electrons. The van der Waals surface area contributed by atoms with Crippen LogP contribution in [0.5, 0.6) is 5.75 Å². The van der Waals surface area contributed by atoms with Gasteiger partial charge in [0.05, 0.1) is 44.4 Å². The van der Waals surface area contributed by atoms with E-state index in [0.29, 0.717) is 22.6 Å². The van der Waals surface area contributed by atoms with Crippen molar-refractivity contribution in [3.8, 4) is 22.7 Å². The molecule has 10 heteroatoms. The monoisotopic (exact) mass is 501 g/mol. The number of aryl methyl sites for hydroxylation is 1. The number of nitrogens with zero attached hydrogens (tertiary/aromatic N) is 6. The highest BCUT2D eigenvalue weighted by Crippen LogP contribution is 2.31. The Morgan fingerprint density at radius 1 is 1.08 bits per heavy atom. The Morgan fingerprint density at radius 2 is 1.92 bits per heavy atom. The lowest BCUT2D eigenvalue weighted by Gasteiger charge is -2.26. The van der Waals surface area contributed by atoms with E-state index < -0.39 is 0 Å². The standard InChI is InChI=1S/C26H24ClN7O2/c1-16-10-33(14-28-16)21-8-7-20(9-22(21)35-2)30-26-31-23(18-3-5-19(27)6-4-18)24-25(32-26)34(15-29-24)11-17-12-36-13-17/h3-10,14-15,17H,11-13H2,1-2H3,(H,30,31,32). The van der Waals surface area contributed by atoms with E-state index in [4.69, 9.17) is 31.0 Å². The highest BCUT2D eigenvalue weighted by molar-refractivity contribution is 6.30. The minimum absolute atomic E-state index is 0.455. The summed E-state index contributed by atoms with van der Waals surface area (Å²) in [4.78, 5) is 18.7. The maximum absolute atomic E-state index is 6.13. The van der Waals surface area contributed by atoms with Crippen LogP contribution in [0.15, 0.2) is 61.3 Å². The molecule has 1 fully saturated rings. The van der Waals surface area contributed by atoms with Gasteiger partial charge in [-0.1, -0.05) is 23.7 Å². The molecule has 1 aliphatic heterocycles. The first-order chi connectivity index (χ1) is 17.6. The molecule has 6 rings (SSSR count). The summed E-state index contributed by atoms with van der Waals surface area (Å²) in [5.74, 6) is 1.62. The zero-order valence-electron chi connectivity index (χ0n) is 19.8. The Bertz CT molecular complexity index is 1540. The smallest absolute Gasteiger partial charge is 0.229 e. The van der Waals surface area contributed by atoms with Gasteiger partial charge in [0.2, 0.25) is 5.95 Å². The molecule has 2 aromatic carbocycles. The van der Waals surface area contributed by atoms with E-state index in [1.165, 1.54) is 0 Å². The number of fused-ring (bicyclic) bond motifs is 1. The van der Waals surface area contributed by atoms with Gasteiger partial charge in [0.1, 0.15) is 17.0 Å². The van der Waals surface area contributed by atoms with E-state index >= 15 is 0 Å². The molecule has 1 aliphatic rings. The fourth-order valence-corrected chi connectivity index (χ4v) is 4.39. The Labute approximate surface area is 212 Å². The lowest BCUT2D eigenvalue weighted by atomic mass is 10.1. The molecule has 1 saturated heterocycles. The number of anilines is 2. The second kappa shape index (κ2) is 9.25. The third kappa shape index (κ3) is 4.27. The highest BCUT2D eigenvalue weighted by Gasteiger charge is 2.22. The second-order valence-electron chi connectivity index (χ2n) is 8.81. The van der Waals surface area contributed by atoms with Crippen LogP contribution in [0, 0.1) is 12.8 Å². The van der Waals surface area contributed by atoms with E-state index in [0.717, 1.165) is 59.2 Å². The van der Waals surface area contributed by atoms with Gasteiger partial charge in [-0.2, -0.15) is 4.98 Å². The number of hydrogen-bond acceptors (Lipinski definition) is 7. The maximum atomic E-state index is 6.13. The van der Waals surface area contributed by atoms with Crippen molar-refractivity contribution in [1.29, 1.82) is 0 Å². The third-order valence-electron chi connectivity index (χ3n) is 6.17. The number of rotatable bonds is 7. The van der Waals surface area contributed by atoms with Crippen molar-refractivity contribution in [2.45, 2.75) is 13.5 Å². The minimum atomic E-state index is 0.455. The third-order valence-corrected chi connectivity index (χ3v) is 6.42. The summed E-state index contributed by atoms with van der Waals surface area (Å²) < 4.78 is 15.0. The molecule has 0 bridgehead atoms. The van der Waals surface area contributed by atoms with Gasteiger partial charge in [-0.15, -0.1) is 0 Å². The van der Waals surface area contributed by atoms with Gasteiger partial charge in [-0.3, -0.25) is 0 Å². The van der Waals surface area contributed by atoms with Crippen molar-refractivity contribution >= 4 is 34.4 Å². The van der Waals surface area contributed by atoms with Crippen molar-refractivity contribution < 1.29 is 9.47 Å². The minimum Gasteiger partial charge on any atom is -0.494 e. The number of benzene rings is 2. The lowest BCUT2D eigenvalue weighted by Crippen LogP contribution is -2.31. The van der Waals surface area contributed by atoms with Gasteiger partial charge in [0, 0.05) is 41.0 Å². The molecule has 182 valence electrons. The predicted octanol–water partition coefficient (Wildman–Crippen LogP) is 5.04. The summed E-state index contributed by atoms with van der Waals surface area (Å²) >= 11 is 6.13. The Morgan fingerprint density at radius 3 is 2.61 bits per heavy atom. The first-order valence-electron chi connectivity index (χ1n) is 11.6. The molecule has 0 aliphatic carbocycles. The summed E-state index contributed by atoms with van der Waals surface area (Å²) in [6, 6.07) is 13.4. The SMILES string of the molecule is COc1cc(Nc2nc(-c3ccc(Cl)cc3)c3ncn(CC4COC4)c3n2)ccc1-n1cnc(C)c1. The number of aromatic nitrogens is 6. The van der Waals surface area contributed by atoms with Crippen molar-refractivity contribution in [1.82, 2.24) is 29.1 Å². The number of nitrogens with one attached hydrogen (secondary N) is 1. The summed E-state index contributed by atoms with van der Waals surface area (Å²) in [5.41, 5.74) is 5.78. The van der Waals surface area contributed by atoms with Crippen molar-refractivity contribution in [2.24, 2.45) is 5.92 Å². The number of imidazole rings is 2. The van der Waals surface area contributed by atoms with Crippen LogP contribution in [0.4, 0.5) is 11.6 Å². The molecule has 3 aromatic heterocycles. The molecular weight excluding hydrogens is 478 g/mol. The molecule has 0 amide bonds. The Balaban J connectivity index is 1.40. The quantitative estimate of drug-likeness (QED) is 0.334. The summed E-state index contributed by atoms with van der Waals surface area (Å²) in [5, 5.41) is 4.02. The Hall–Kier alpha value is -3.95. The van der Waals surface area contributed by atoms with Crippen molar-refractivity contribution in [2.75, 3.05) is 25.6 Å². The van der Waals surface area contributed by atoms with E-state index in [-0.39, 0.29) is 0 Å². The van der Waals surface area contributed by atoms with E-state index in [9.17, 15) is 0 Å². The molecular formula is C26H24ClN7O2. The summed E-state index contributed by atoms with van der Waals surface area (Å²) in [7, 11) is 1.65. The normalized spacial score (nSPS) is 13.6. The number of methoxy groups -OCH3 is 1. The van der Waals surface area contributed by atoms with Gasteiger partial charge in [-0.25, -0.2) is 15.0 Å². The van der Waals surface area contributed by atoms with Gasteiger partial charge in [0.25, 0.3) is 0 Å². The molecule has 0 spiro atoms. The fraction of sp³-hybridized carbons (Fsp3) is 0.231. The lowest BCUT2D eigenvalue weighted by molar-refractivity contribution is -0.0390. The first-order valence-corrected chi connectivity index (χ1v) is 12.0. The van der Waals surface area contributed by atoms with Gasteiger partial charge >= 0.3 is 0 Å². The van der Waals surface area contributed by atoms with Crippen molar-refractivity contribution in [3.05, 3.63) is 72.0 Å². The van der Waals surface area contributed by atoms with Crippen molar-refractivity contribution in [3.63, 3.8) is 0 Å². The fourth-order valence-electron chi connectivity index (χ4n) is 4.26. The van der Waals surface area contributed by atoms with Crippen LogP contribution in [0.1, 0.15) is 5.69 Å². The Kier molecular flexibility index (Phi) is 5.79. The summed E-state index contributed by atoms with van der Waals surface area (Å²) in [6.45, 7) is 4.25. The average molecular weight is 502 g/mol. The molecule has 36 heavy (non-hydrogen) atoms. The highest BCUT2D eigenvalue weighted by atomic mass is 35.5. The number of ether oxygens (including phenoxy) is 2. The van der Waals surface area contributed by atoms with E-state index in [2.05, 4.69) is 19.9 Å². The first kappa shape index (κ1) is 22.5. The largest absolute Gasteiger partial charge is 0.494 e. The molecule has 0 atom stereocenters.